The predicted octanol–water partition coefficient (Wildman–Crippen LogP) is 2.89. The molecule has 1 aromatic rings. The minimum atomic E-state index is -0.410. The summed E-state index contributed by atoms with van der Waals surface area (Å²) in [5, 5.41) is 19.8. The maximum atomic E-state index is 10.3. The van der Waals surface area contributed by atoms with E-state index in [0.29, 0.717) is 13.0 Å². The second-order valence-corrected chi connectivity index (χ2v) is 7.39. The molecule has 0 aromatic heterocycles. The minimum Gasteiger partial charge on any atom is -0.396 e. The average molecular weight is 292 g/mol. The highest BCUT2D eigenvalue weighted by Gasteiger charge is 2.38. The zero-order valence-electron chi connectivity index (χ0n) is 13.4. The molecular formula is C18H28O3. The van der Waals surface area contributed by atoms with Crippen LogP contribution in [0.5, 0.6) is 0 Å². The zero-order chi connectivity index (χ0) is 15.5. The van der Waals surface area contributed by atoms with E-state index in [-0.39, 0.29) is 23.5 Å². The van der Waals surface area contributed by atoms with Crippen LogP contribution < -0.4 is 0 Å². The van der Waals surface area contributed by atoms with Gasteiger partial charge in [0.15, 0.2) is 0 Å². The van der Waals surface area contributed by atoms with E-state index in [1.165, 1.54) is 5.56 Å². The fourth-order valence-corrected chi connectivity index (χ4v) is 2.77. The van der Waals surface area contributed by atoms with Gasteiger partial charge < -0.3 is 14.9 Å². The molecule has 0 amide bonds. The van der Waals surface area contributed by atoms with E-state index in [0.717, 1.165) is 12.8 Å². The summed E-state index contributed by atoms with van der Waals surface area (Å²) in [5.41, 5.74) is 1.06. The molecular weight excluding hydrogens is 264 g/mol. The first-order chi connectivity index (χ1) is 9.86. The molecule has 3 unspecified atom stereocenters. The molecule has 21 heavy (non-hydrogen) atoms. The van der Waals surface area contributed by atoms with Gasteiger partial charge in [-0.2, -0.15) is 0 Å². The average Bonchev–Trinajstić information content (AvgIpc) is 3.31. The SMILES string of the molecule is CC(C)(CO)CCC(C)(CC(O)C1CO1)c1ccccc1. The number of aliphatic hydroxyl groups excluding tert-OH is 2. The Bertz CT molecular complexity index is 439. The fourth-order valence-electron chi connectivity index (χ4n) is 2.77. The van der Waals surface area contributed by atoms with Crippen molar-refractivity contribution in [3.05, 3.63) is 35.9 Å². The predicted molar refractivity (Wildman–Crippen MR) is 84.3 cm³/mol. The molecule has 3 nitrogen and oxygen atoms in total. The van der Waals surface area contributed by atoms with Gasteiger partial charge >= 0.3 is 0 Å². The molecule has 0 radical (unpaired) electrons. The third-order valence-corrected chi connectivity index (χ3v) is 4.70. The summed E-state index contributed by atoms with van der Waals surface area (Å²) in [6, 6.07) is 10.4. The topological polar surface area (TPSA) is 53.0 Å². The van der Waals surface area contributed by atoms with Gasteiger partial charge in [0.25, 0.3) is 0 Å². The number of hydrogen-bond donors (Lipinski definition) is 2. The van der Waals surface area contributed by atoms with Crippen molar-refractivity contribution in [1.29, 1.82) is 0 Å². The lowest BCUT2D eigenvalue weighted by molar-refractivity contribution is 0.0886. The highest BCUT2D eigenvalue weighted by molar-refractivity contribution is 5.25. The van der Waals surface area contributed by atoms with E-state index in [9.17, 15) is 10.2 Å². The van der Waals surface area contributed by atoms with Gasteiger partial charge in [0, 0.05) is 6.61 Å². The van der Waals surface area contributed by atoms with Crippen LogP contribution in [-0.4, -0.2) is 35.6 Å². The van der Waals surface area contributed by atoms with Gasteiger partial charge in [0.1, 0.15) is 6.10 Å². The quantitative estimate of drug-likeness (QED) is 0.724. The van der Waals surface area contributed by atoms with Crippen LogP contribution in [0.1, 0.15) is 45.6 Å². The molecule has 2 rings (SSSR count). The Hall–Kier alpha value is -0.900. The first-order valence-corrected chi connectivity index (χ1v) is 7.82. The van der Waals surface area contributed by atoms with Gasteiger partial charge in [0.2, 0.25) is 0 Å². The Balaban J connectivity index is 2.12. The fraction of sp³-hybridized carbons (Fsp3) is 0.667. The van der Waals surface area contributed by atoms with E-state index in [2.05, 4.69) is 32.9 Å². The second-order valence-electron chi connectivity index (χ2n) is 7.39. The molecule has 118 valence electrons. The summed E-state index contributed by atoms with van der Waals surface area (Å²) in [5.74, 6) is 0. The summed E-state index contributed by atoms with van der Waals surface area (Å²) in [6.07, 6.45) is 2.16. The number of aliphatic hydroxyl groups is 2. The van der Waals surface area contributed by atoms with Crippen molar-refractivity contribution in [1.82, 2.24) is 0 Å². The van der Waals surface area contributed by atoms with Crippen LogP contribution in [0, 0.1) is 5.41 Å². The molecule has 2 N–H and O–H groups in total. The monoisotopic (exact) mass is 292 g/mol. The standard InChI is InChI=1S/C18H28O3/c1-17(2,13-19)9-10-18(3,11-15(20)16-12-21-16)14-7-5-4-6-8-14/h4-8,15-16,19-20H,9-13H2,1-3H3. The Morgan fingerprint density at radius 2 is 1.81 bits per heavy atom. The molecule has 0 spiro atoms. The Morgan fingerprint density at radius 1 is 1.19 bits per heavy atom. The number of benzene rings is 1. The molecule has 0 aliphatic carbocycles. The van der Waals surface area contributed by atoms with E-state index < -0.39 is 6.10 Å². The molecule has 3 heteroatoms. The third kappa shape index (κ3) is 4.53. The molecule has 1 fully saturated rings. The summed E-state index contributed by atoms with van der Waals surface area (Å²) < 4.78 is 5.23. The van der Waals surface area contributed by atoms with Crippen molar-refractivity contribution in [2.75, 3.05) is 13.2 Å². The van der Waals surface area contributed by atoms with E-state index in [4.69, 9.17) is 4.74 Å². The number of ether oxygens (including phenoxy) is 1. The number of hydrogen-bond acceptors (Lipinski definition) is 3. The van der Waals surface area contributed by atoms with Crippen LogP contribution in [0.15, 0.2) is 30.3 Å². The van der Waals surface area contributed by atoms with Crippen LogP contribution >= 0.6 is 0 Å². The van der Waals surface area contributed by atoms with Gasteiger partial charge in [-0.25, -0.2) is 0 Å². The van der Waals surface area contributed by atoms with Gasteiger partial charge in [-0.3, -0.25) is 0 Å². The Labute approximate surface area is 128 Å². The molecule has 3 atom stereocenters. The van der Waals surface area contributed by atoms with Crippen LogP contribution in [0.4, 0.5) is 0 Å². The normalized spacial score (nSPS) is 22.6. The Kier molecular flexibility index (Phi) is 5.07. The second kappa shape index (κ2) is 6.47. The van der Waals surface area contributed by atoms with Crippen molar-refractivity contribution in [2.45, 2.75) is 57.7 Å². The van der Waals surface area contributed by atoms with Crippen LogP contribution in [0.2, 0.25) is 0 Å². The van der Waals surface area contributed by atoms with Crippen LogP contribution in [0.25, 0.3) is 0 Å². The van der Waals surface area contributed by atoms with Crippen molar-refractivity contribution in [3.8, 4) is 0 Å². The number of epoxide rings is 1. The summed E-state index contributed by atoms with van der Waals surface area (Å²) >= 11 is 0. The Morgan fingerprint density at radius 3 is 2.33 bits per heavy atom. The molecule has 1 aliphatic rings. The molecule has 1 saturated heterocycles. The summed E-state index contributed by atoms with van der Waals surface area (Å²) in [4.78, 5) is 0. The molecule has 1 aliphatic heterocycles. The maximum Gasteiger partial charge on any atom is 0.107 e. The highest BCUT2D eigenvalue weighted by atomic mass is 16.6. The zero-order valence-corrected chi connectivity index (χ0v) is 13.4. The first-order valence-electron chi connectivity index (χ1n) is 7.82. The summed E-state index contributed by atoms with van der Waals surface area (Å²) in [7, 11) is 0. The van der Waals surface area contributed by atoms with Gasteiger partial charge in [0.05, 0.1) is 12.7 Å². The molecule has 0 bridgehead atoms. The lowest BCUT2D eigenvalue weighted by Crippen LogP contribution is -2.32. The van der Waals surface area contributed by atoms with Crippen molar-refractivity contribution < 1.29 is 14.9 Å². The van der Waals surface area contributed by atoms with Crippen LogP contribution in [0.3, 0.4) is 0 Å². The molecule has 0 saturated carbocycles. The molecule has 1 heterocycles. The highest BCUT2D eigenvalue weighted by Crippen LogP contribution is 2.39. The summed E-state index contributed by atoms with van der Waals surface area (Å²) in [6.45, 7) is 7.24. The van der Waals surface area contributed by atoms with E-state index in [1.807, 2.05) is 18.2 Å². The van der Waals surface area contributed by atoms with Crippen molar-refractivity contribution in [3.63, 3.8) is 0 Å². The number of rotatable bonds is 8. The minimum absolute atomic E-state index is 0.0129. The third-order valence-electron chi connectivity index (χ3n) is 4.70. The van der Waals surface area contributed by atoms with E-state index >= 15 is 0 Å². The largest absolute Gasteiger partial charge is 0.396 e. The van der Waals surface area contributed by atoms with Gasteiger partial charge in [-0.15, -0.1) is 0 Å². The van der Waals surface area contributed by atoms with Crippen molar-refractivity contribution >= 4 is 0 Å². The van der Waals surface area contributed by atoms with Crippen LogP contribution in [-0.2, 0) is 10.2 Å². The van der Waals surface area contributed by atoms with Gasteiger partial charge in [-0.1, -0.05) is 51.1 Å². The smallest absolute Gasteiger partial charge is 0.107 e. The van der Waals surface area contributed by atoms with Crippen molar-refractivity contribution in [2.24, 2.45) is 5.41 Å². The van der Waals surface area contributed by atoms with E-state index in [1.54, 1.807) is 0 Å². The first kappa shape index (κ1) is 16.5. The maximum absolute atomic E-state index is 10.3. The molecule has 1 aromatic carbocycles. The lowest BCUT2D eigenvalue weighted by atomic mass is 9.71. The lowest BCUT2D eigenvalue weighted by Gasteiger charge is -2.35. The van der Waals surface area contributed by atoms with Gasteiger partial charge in [-0.05, 0) is 35.7 Å².